The Morgan fingerprint density at radius 3 is 2.72 bits per heavy atom. The van der Waals surface area contributed by atoms with Crippen LogP contribution in [0.1, 0.15) is 25.3 Å². The van der Waals surface area contributed by atoms with Crippen LogP contribution in [0.3, 0.4) is 0 Å². The van der Waals surface area contributed by atoms with Crippen LogP contribution in [0.15, 0.2) is 24.3 Å². The van der Waals surface area contributed by atoms with E-state index in [0.717, 1.165) is 31.9 Å². The summed E-state index contributed by atoms with van der Waals surface area (Å²) in [5, 5.41) is 3.61. The minimum atomic E-state index is 0.644. The van der Waals surface area contributed by atoms with Crippen molar-refractivity contribution in [1.29, 1.82) is 0 Å². The van der Waals surface area contributed by atoms with Crippen molar-refractivity contribution in [3.63, 3.8) is 0 Å². The van der Waals surface area contributed by atoms with Gasteiger partial charge in [0.2, 0.25) is 0 Å². The van der Waals surface area contributed by atoms with Gasteiger partial charge in [-0.3, -0.25) is 0 Å². The fraction of sp³-hybridized carbons (Fsp3) is 0.600. The van der Waals surface area contributed by atoms with E-state index in [1.54, 1.807) is 0 Å². The van der Waals surface area contributed by atoms with E-state index in [2.05, 4.69) is 48.5 Å². The van der Waals surface area contributed by atoms with Crippen LogP contribution in [0.4, 0.5) is 0 Å². The van der Waals surface area contributed by atoms with Crippen molar-refractivity contribution >= 4 is 0 Å². The Balaban J connectivity index is 1.76. The quantitative estimate of drug-likeness (QED) is 0.836. The summed E-state index contributed by atoms with van der Waals surface area (Å²) in [4.78, 5) is 2.37. The Hall–Kier alpha value is -1.06. The predicted octanol–water partition coefficient (Wildman–Crippen LogP) is 2.27. The van der Waals surface area contributed by atoms with Gasteiger partial charge in [0.05, 0.1) is 6.61 Å². The molecule has 0 spiro atoms. The van der Waals surface area contributed by atoms with Crippen molar-refractivity contribution in [2.75, 3.05) is 26.7 Å². The molecule has 1 N–H and O–H groups in total. The van der Waals surface area contributed by atoms with Crippen LogP contribution >= 0.6 is 0 Å². The first-order valence-corrected chi connectivity index (χ1v) is 6.91. The average Bonchev–Trinajstić information content (AvgIpc) is 2.81. The molecule has 1 aromatic rings. The molecule has 0 aromatic heterocycles. The largest absolute Gasteiger partial charge is 0.494 e. The standard InChI is InChI=1S/C15H24N2O/c1-3-10-18-15-6-4-13(5-7-15)11-16-14-8-9-17(2)12-14/h4-7,14,16H,3,8-12H2,1-2H3. The molecule has 0 radical (unpaired) electrons. The number of hydrogen-bond acceptors (Lipinski definition) is 3. The lowest BCUT2D eigenvalue weighted by Crippen LogP contribution is -2.30. The van der Waals surface area contributed by atoms with Gasteiger partial charge in [0.15, 0.2) is 0 Å². The van der Waals surface area contributed by atoms with E-state index in [0.29, 0.717) is 6.04 Å². The van der Waals surface area contributed by atoms with Crippen LogP contribution < -0.4 is 10.1 Å². The van der Waals surface area contributed by atoms with E-state index in [1.807, 2.05) is 0 Å². The Bertz CT molecular complexity index is 350. The van der Waals surface area contributed by atoms with Crippen LogP contribution in [-0.4, -0.2) is 37.7 Å². The Kier molecular flexibility index (Phi) is 5.02. The molecule has 1 unspecified atom stereocenters. The number of hydrogen-bond donors (Lipinski definition) is 1. The topological polar surface area (TPSA) is 24.5 Å². The molecule has 1 atom stereocenters. The second-order valence-corrected chi connectivity index (χ2v) is 5.12. The number of likely N-dealkylation sites (tertiary alicyclic amines) is 1. The zero-order chi connectivity index (χ0) is 12.8. The number of ether oxygens (including phenoxy) is 1. The highest BCUT2D eigenvalue weighted by atomic mass is 16.5. The zero-order valence-corrected chi connectivity index (χ0v) is 11.5. The fourth-order valence-electron chi connectivity index (χ4n) is 2.29. The molecule has 18 heavy (non-hydrogen) atoms. The van der Waals surface area contributed by atoms with Crippen molar-refractivity contribution in [1.82, 2.24) is 10.2 Å². The molecule has 1 aliphatic rings. The predicted molar refractivity (Wildman–Crippen MR) is 75.0 cm³/mol. The van der Waals surface area contributed by atoms with Gasteiger partial charge in [-0.05, 0) is 44.1 Å². The van der Waals surface area contributed by atoms with Crippen molar-refractivity contribution in [3.8, 4) is 5.75 Å². The summed E-state index contributed by atoms with van der Waals surface area (Å²) in [6.45, 7) is 6.24. The number of rotatable bonds is 6. The molecule has 0 saturated carbocycles. The van der Waals surface area contributed by atoms with Gasteiger partial charge in [0.25, 0.3) is 0 Å². The summed E-state index contributed by atoms with van der Waals surface area (Å²) in [6.07, 6.45) is 2.31. The first-order chi connectivity index (χ1) is 8.78. The second-order valence-electron chi connectivity index (χ2n) is 5.12. The van der Waals surface area contributed by atoms with Crippen molar-refractivity contribution in [2.24, 2.45) is 0 Å². The molecular formula is C15H24N2O. The minimum absolute atomic E-state index is 0.644. The average molecular weight is 248 g/mol. The lowest BCUT2D eigenvalue weighted by Gasteiger charge is -2.13. The molecule has 3 heteroatoms. The molecule has 2 rings (SSSR count). The zero-order valence-electron chi connectivity index (χ0n) is 11.5. The van der Waals surface area contributed by atoms with E-state index in [1.165, 1.54) is 18.5 Å². The van der Waals surface area contributed by atoms with E-state index in [-0.39, 0.29) is 0 Å². The van der Waals surface area contributed by atoms with Crippen LogP contribution in [0, 0.1) is 0 Å². The highest BCUT2D eigenvalue weighted by molar-refractivity contribution is 5.27. The van der Waals surface area contributed by atoms with Gasteiger partial charge in [0.1, 0.15) is 5.75 Å². The normalized spacial score (nSPS) is 20.2. The monoisotopic (exact) mass is 248 g/mol. The molecule has 1 saturated heterocycles. The first-order valence-electron chi connectivity index (χ1n) is 6.91. The third-order valence-corrected chi connectivity index (χ3v) is 3.38. The summed E-state index contributed by atoms with van der Waals surface area (Å²) in [7, 11) is 2.18. The molecule has 0 amide bonds. The van der Waals surface area contributed by atoms with Gasteiger partial charge in [-0.1, -0.05) is 19.1 Å². The molecule has 1 fully saturated rings. The highest BCUT2D eigenvalue weighted by Crippen LogP contribution is 2.13. The molecule has 0 bridgehead atoms. The third-order valence-electron chi connectivity index (χ3n) is 3.38. The summed E-state index contributed by atoms with van der Waals surface area (Å²) < 4.78 is 5.58. The van der Waals surface area contributed by atoms with E-state index >= 15 is 0 Å². The number of benzene rings is 1. The van der Waals surface area contributed by atoms with Crippen LogP contribution in [0.25, 0.3) is 0 Å². The fourth-order valence-corrected chi connectivity index (χ4v) is 2.29. The molecule has 100 valence electrons. The maximum Gasteiger partial charge on any atom is 0.119 e. The van der Waals surface area contributed by atoms with E-state index in [9.17, 15) is 0 Å². The summed E-state index contributed by atoms with van der Waals surface area (Å²) in [5.74, 6) is 0.973. The first kappa shape index (κ1) is 13.4. The van der Waals surface area contributed by atoms with E-state index < -0.39 is 0 Å². The number of likely N-dealkylation sites (N-methyl/N-ethyl adjacent to an activating group) is 1. The minimum Gasteiger partial charge on any atom is -0.494 e. The van der Waals surface area contributed by atoms with E-state index in [4.69, 9.17) is 4.74 Å². The van der Waals surface area contributed by atoms with Crippen LogP contribution in [-0.2, 0) is 6.54 Å². The van der Waals surface area contributed by atoms with Crippen molar-refractivity contribution < 1.29 is 4.74 Å². The maximum atomic E-state index is 5.58. The number of nitrogens with one attached hydrogen (secondary N) is 1. The van der Waals surface area contributed by atoms with Gasteiger partial charge in [-0.15, -0.1) is 0 Å². The van der Waals surface area contributed by atoms with Crippen molar-refractivity contribution in [3.05, 3.63) is 29.8 Å². The van der Waals surface area contributed by atoms with Crippen molar-refractivity contribution in [2.45, 2.75) is 32.4 Å². The molecule has 1 aliphatic heterocycles. The lowest BCUT2D eigenvalue weighted by molar-refractivity contribution is 0.317. The molecular weight excluding hydrogens is 224 g/mol. The highest BCUT2D eigenvalue weighted by Gasteiger charge is 2.18. The molecule has 0 aliphatic carbocycles. The Morgan fingerprint density at radius 1 is 1.33 bits per heavy atom. The molecule has 1 aromatic carbocycles. The summed E-state index contributed by atoms with van der Waals surface area (Å²) in [5.41, 5.74) is 1.33. The van der Waals surface area contributed by atoms with Crippen LogP contribution in [0.2, 0.25) is 0 Å². The Labute approximate surface area is 110 Å². The molecule has 1 heterocycles. The van der Waals surface area contributed by atoms with Gasteiger partial charge in [-0.25, -0.2) is 0 Å². The van der Waals surface area contributed by atoms with Gasteiger partial charge >= 0.3 is 0 Å². The van der Waals surface area contributed by atoms with Gasteiger partial charge in [0, 0.05) is 19.1 Å². The van der Waals surface area contributed by atoms with Gasteiger partial charge in [-0.2, -0.15) is 0 Å². The molecule has 3 nitrogen and oxygen atoms in total. The lowest BCUT2D eigenvalue weighted by atomic mass is 10.2. The maximum absolute atomic E-state index is 5.58. The summed E-state index contributed by atoms with van der Waals surface area (Å²) in [6, 6.07) is 9.07. The number of nitrogens with zero attached hydrogens (tertiary/aromatic N) is 1. The second kappa shape index (κ2) is 6.76. The SMILES string of the molecule is CCCOc1ccc(CNC2CCN(C)C2)cc1. The van der Waals surface area contributed by atoms with Crippen LogP contribution in [0.5, 0.6) is 5.75 Å². The third kappa shape index (κ3) is 4.00. The summed E-state index contributed by atoms with van der Waals surface area (Å²) >= 11 is 0. The smallest absolute Gasteiger partial charge is 0.119 e. The Morgan fingerprint density at radius 2 is 2.11 bits per heavy atom. The van der Waals surface area contributed by atoms with Gasteiger partial charge < -0.3 is 15.0 Å².